The molecule has 1 aromatic rings. The topological polar surface area (TPSA) is 15.3 Å². The molecule has 0 aliphatic rings. The van der Waals surface area contributed by atoms with E-state index in [2.05, 4.69) is 31.0 Å². The second-order valence-electron chi connectivity index (χ2n) is 5.53. The fourth-order valence-electron chi connectivity index (χ4n) is 2.37. The normalized spacial score (nSPS) is 12.9. The molecule has 3 heteroatoms. The summed E-state index contributed by atoms with van der Waals surface area (Å²) in [4.78, 5) is 2.45. The van der Waals surface area contributed by atoms with Gasteiger partial charge in [-0.25, -0.2) is 4.39 Å². The Morgan fingerprint density at radius 2 is 1.95 bits per heavy atom. The molecule has 0 amide bonds. The van der Waals surface area contributed by atoms with Gasteiger partial charge in [0, 0.05) is 12.6 Å². The number of aryl methyl sites for hydroxylation is 1. The van der Waals surface area contributed by atoms with Crippen LogP contribution in [0.4, 0.5) is 4.39 Å². The van der Waals surface area contributed by atoms with E-state index in [0.717, 1.165) is 30.8 Å². The molecule has 1 unspecified atom stereocenters. The molecule has 0 spiro atoms. The van der Waals surface area contributed by atoms with Crippen LogP contribution in [0.3, 0.4) is 0 Å². The minimum atomic E-state index is -0.124. The van der Waals surface area contributed by atoms with Crippen LogP contribution in [0.15, 0.2) is 18.2 Å². The summed E-state index contributed by atoms with van der Waals surface area (Å²) in [5, 5.41) is 3.51. The van der Waals surface area contributed by atoms with E-state index in [1.807, 2.05) is 19.1 Å². The fraction of sp³-hybridized carbons (Fsp3) is 0.647. The van der Waals surface area contributed by atoms with E-state index >= 15 is 0 Å². The zero-order valence-corrected chi connectivity index (χ0v) is 13.4. The molecule has 1 rings (SSSR count). The summed E-state index contributed by atoms with van der Waals surface area (Å²) in [6.07, 6.45) is 2.40. The van der Waals surface area contributed by atoms with Gasteiger partial charge in [-0.1, -0.05) is 26.0 Å². The predicted octanol–water partition coefficient (Wildman–Crippen LogP) is 3.73. The monoisotopic (exact) mass is 280 g/mol. The molecule has 0 aliphatic heterocycles. The Hall–Kier alpha value is -0.930. The summed E-state index contributed by atoms with van der Waals surface area (Å²) >= 11 is 0. The molecule has 1 aromatic carbocycles. The molecule has 1 atom stereocenters. The standard InChI is InChI=1S/C17H29FN2/c1-5-20(6-2)11-7-8-15(4)19-13-16-9-10-17(18)14(3)12-16/h9-10,12,15,19H,5-8,11,13H2,1-4H3. The van der Waals surface area contributed by atoms with Gasteiger partial charge in [0.1, 0.15) is 5.82 Å². The maximum Gasteiger partial charge on any atom is 0.126 e. The summed E-state index contributed by atoms with van der Waals surface area (Å²) < 4.78 is 13.2. The van der Waals surface area contributed by atoms with Crippen molar-refractivity contribution in [2.24, 2.45) is 0 Å². The zero-order chi connectivity index (χ0) is 15.0. The highest BCUT2D eigenvalue weighted by Gasteiger charge is 2.05. The second-order valence-corrected chi connectivity index (χ2v) is 5.53. The van der Waals surface area contributed by atoms with Crippen molar-refractivity contribution in [3.05, 3.63) is 35.1 Å². The van der Waals surface area contributed by atoms with Crippen LogP contribution < -0.4 is 5.32 Å². The zero-order valence-electron chi connectivity index (χ0n) is 13.4. The van der Waals surface area contributed by atoms with Gasteiger partial charge in [0.15, 0.2) is 0 Å². The van der Waals surface area contributed by atoms with Crippen molar-refractivity contribution in [2.45, 2.75) is 53.1 Å². The number of benzene rings is 1. The SMILES string of the molecule is CCN(CC)CCCC(C)NCc1ccc(F)c(C)c1. The van der Waals surface area contributed by atoms with E-state index in [1.54, 1.807) is 6.07 Å². The fourth-order valence-corrected chi connectivity index (χ4v) is 2.37. The number of nitrogens with one attached hydrogen (secondary N) is 1. The van der Waals surface area contributed by atoms with Gasteiger partial charge in [-0.3, -0.25) is 0 Å². The Morgan fingerprint density at radius 3 is 2.55 bits per heavy atom. The Labute approximate surface area is 123 Å². The molecule has 0 radical (unpaired) electrons. The number of halogens is 1. The van der Waals surface area contributed by atoms with Gasteiger partial charge in [-0.15, -0.1) is 0 Å². The van der Waals surface area contributed by atoms with Crippen molar-refractivity contribution >= 4 is 0 Å². The van der Waals surface area contributed by atoms with Crippen LogP contribution in [-0.4, -0.2) is 30.6 Å². The molecule has 0 saturated carbocycles. The highest BCUT2D eigenvalue weighted by molar-refractivity contribution is 5.23. The molecule has 0 saturated heterocycles. The van der Waals surface area contributed by atoms with Crippen LogP contribution in [-0.2, 0) is 6.54 Å². The summed E-state index contributed by atoms with van der Waals surface area (Å²) in [7, 11) is 0. The van der Waals surface area contributed by atoms with E-state index in [9.17, 15) is 4.39 Å². The molecule has 114 valence electrons. The second kappa shape index (κ2) is 9.09. The van der Waals surface area contributed by atoms with E-state index in [0.29, 0.717) is 6.04 Å². The van der Waals surface area contributed by atoms with Crippen LogP contribution in [0.1, 0.15) is 44.7 Å². The maximum atomic E-state index is 13.2. The Morgan fingerprint density at radius 1 is 1.25 bits per heavy atom. The lowest BCUT2D eigenvalue weighted by Gasteiger charge is -2.20. The van der Waals surface area contributed by atoms with Crippen LogP contribution in [0.2, 0.25) is 0 Å². The van der Waals surface area contributed by atoms with Crippen molar-refractivity contribution in [1.82, 2.24) is 10.2 Å². The molecule has 0 fully saturated rings. The maximum absolute atomic E-state index is 13.2. The quantitative estimate of drug-likeness (QED) is 0.741. The molecule has 0 aromatic heterocycles. The van der Waals surface area contributed by atoms with E-state index < -0.39 is 0 Å². The van der Waals surface area contributed by atoms with Gasteiger partial charge in [0.2, 0.25) is 0 Å². The van der Waals surface area contributed by atoms with Crippen LogP contribution in [0, 0.1) is 12.7 Å². The number of hydrogen-bond donors (Lipinski definition) is 1. The number of nitrogens with zero attached hydrogens (tertiary/aromatic N) is 1. The van der Waals surface area contributed by atoms with Crippen molar-refractivity contribution in [1.29, 1.82) is 0 Å². The van der Waals surface area contributed by atoms with Gasteiger partial charge in [0.25, 0.3) is 0 Å². The molecule has 0 bridgehead atoms. The Kier molecular flexibility index (Phi) is 7.78. The highest BCUT2D eigenvalue weighted by atomic mass is 19.1. The summed E-state index contributed by atoms with van der Waals surface area (Å²) in [6, 6.07) is 5.83. The van der Waals surface area contributed by atoms with Crippen molar-refractivity contribution in [2.75, 3.05) is 19.6 Å². The molecule has 2 nitrogen and oxygen atoms in total. The lowest BCUT2D eigenvalue weighted by Crippen LogP contribution is -2.28. The van der Waals surface area contributed by atoms with Crippen LogP contribution in [0.5, 0.6) is 0 Å². The lowest BCUT2D eigenvalue weighted by molar-refractivity contribution is 0.290. The van der Waals surface area contributed by atoms with Gasteiger partial charge in [-0.05, 0) is 63.5 Å². The number of rotatable bonds is 9. The molecule has 1 N–H and O–H groups in total. The first-order valence-corrected chi connectivity index (χ1v) is 7.77. The third-order valence-electron chi connectivity index (χ3n) is 3.88. The van der Waals surface area contributed by atoms with Gasteiger partial charge in [-0.2, -0.15) is 0 Å². The third-order valence-corrected chi connectivity index (χ3v) is 3.88. The minimum absolute atomic E-state index is 0.124. The number of hydrogen-bond acceptors (Lipinski definition) is 2. The average molecular weight is 280 g/mol. The van der Waals surface area contributed by atoms with E-state index in [4.69, 9.17) is 0 Å². The van der Waals surface area contributed by atoms with Crippen molar-refractivity contribution < 1.29 is 4.39 Å². The van der Waals surface area contributed by atoms with Gasteiger partial charge >= 0.3 is 0 Å². The van der Waals surface area contributed by atoms with E-state index in [-0.39, 0.29) is 5.82 Å². The summed E-state index contributed by atoms with van der Waals surface area (Å²) in [5.74, 6) is -0.124. The predicted molar refractivity (Wildman–Crippen MR) is 84.5 cm³/mol. The molecule has 0 aliphatic carbocycles. The average Bonchev–Trinajstić information content (AvgIpc) is 2.45. The first kappa shape index (κ1) is 17.1. The summed E-state index contributed by atoms with van der Waals surface area (Å²) in [5.41, 5.74) is 1.87. The summed E-state index contributed by atoms with van der Waals surface area (Å²) in [6.45, 7) is 12.7. The largest absolute Gasteiger partial charge is 0.310 e. The molecular formula is C17H29FN2. The van der Waals surface area contributed by atoms with Gasteiger partial charge < -0.3 is 10.2 Å². The Bertz CT molecular complexity index is 389. The molecule has 20 heavy (non-hydrogen) atoms. The highest BCUT2D eigenvalue weighted by Crippen LogP contribution is 2.09. The third kappa shape index (κ3) is 6.02. The Balaban J connectivity index is 2.25. The molecular weight excluding hydrogens is 251 g/mol. The molecule has 0 heterocycles. The van der Waals surface area contributed by atoms with E-state index in [1.165, 1.54) is 19.4 Å². The van der Waals surface area contributed by atoms with Crippen molar-refractivity contribution in [3.63, 3.8) is 0 Å². The van der Waals surface area contributed by atoms with Crippen molar-refractivity contribution in [3.8, 4) is 0 Å². The lowest BCUT2D eigenvalue weighted by atomic mass is 10.1. The van der Waals surface area contributed by atoms with Crippen LogP contribution in [0.25, 0.3) is 0 Å². The van der Waals surface area contributed by atoms with Crippen LogP contribution >= 0.6 is 0 Å². The first-order valence-electron chi connectivity index (χ1n) is 7.77. The van der Waals surface area contributed by atoms with Gasteiger partial charge in [0.05, 0.1) is 0 Å². The smallest absolute Gasteiger partial charge is 0.126 e. The first-order chi connectivity index (χ1) is 9.56. The minimum Gasteiger partial charge on any atom is -0.310 e.